The van der Waals surface area contributed by atoms with Crippen molar-refractivity contribution in [3.05, 3.63) is 48.7 Å². The number of phenolic OH excluding ortho intramolecular Hbond substituents is 1. The number of aromatic nitrogens is 2. The lowest BCUT2D eigenvalue weighted by Crippen LogP contribution is -2.89. The van der Waals surface area contributed by atoms with Gasteiger partial charge in [-0.25, -0.2) is 4.98 Å². The Kier molecular flexibility index (Phi) is 3.55. The lowest BCUT2D eigenvalue weighted by atomic mass is 10.0. The smallest absolute Gasteiger partial charge is 0.148 e. The fraction of sp³-hybridized carbons (Fsp3) is 0.222. The summed E-state index contributed by atoms with van der Waals surface area (Å²) >= 11 is 0. The number of anilines is 1. The molecule has 4 rings (SSSR count). The molecule has 5 heteroatoms. The van der Waals surface area contributed by atoms with Crippen molar-refractivity contribution in [3.63, 3.8) is 0 Å². The molecule has 1 aromatic heterocycles. The zero-order valence-electron chi connectivity index (χ0n) is 12.8. The maximum absolute atomic E-state index is 9.43. The minimum atomic E-state index is 0.276. The molecule has 0 spiro atoms. The highest BCUT2D eigenvalue weighted by Crippen LogP contribution is 2.25. The molecule has 0 radical (unpaired) electrons. The molecule has 3 N–H and O–H groups in total. The maximum atomic E-state index is 9.43. The lowest BCUT2D eigenvalue weighted by Gasteiger charge is -2.26. The van der Waals surface area contributed by atoms with Gasteiger partial charge in [-0.05, 0) is 35.4 Å². The second-order valence-electron chi connectivity index (χ2n) is 5.83. The van der Waals surface area contributed by atoms with Crippen molar-refractivity contribution in [2.24, 2.45) is 0 Å². The van der Waals surface area contributed by atoms with Crippen LogP contribution in [0, 0.1) is 0 Å². The van der Waals surface area contributed by atoms with Crippen LogP contribution in [0.5, 0.6) is 5.75 Å². The van der Waals surface area contributed by atoms with Crippen molar-refractivity contribution in [1.29, 1.82) is 0 Å². The summed E-state index contributed by atoms with van der Waals surface area (Å²) in [5, 5.41) is 11.8. The van der Waals surface area contributed by atoms with E-state index in [1.165, 1.54) is 0 Å². The molecule has 1 aliphatic rings. The van der Waals surface area contributed by atoms with Crippen molar-refractivity contribution in [3.8, 4) is 16.9 Å². The van der Waals surface area contributed by atoms with Gasteiger partial charge in [-0.15, -0.1) is 0 Å². The second kappa shape index (κ2) is 5.85. The van der Waals surface area contributed by atoms with Crippen molar-refractivity contribution in [1.82, 2.24) is 9.97 Å². The normalized spacial score (nSPS) is 15.0. The number of phenols is 1. The Balaban J connectivity index is 1.72. The maximum Gasteiger partial charge on any atom is 0.148 e. The van der Waals surface area contributed by atoms with Crippen molar-refractivity contribution >= 4 is 16.9 Å². The van der Waals surface area contributed by atoms with Gasteiger partial charge >= 0.3 is 0 Å². The van der Waals surface area contributed by atoms with Crippen LogP contribution in [0.4, 0.5) is 5.82 Å². The van der Waals surface area contributed by atoms with Gasteiger partial charge in [0.25, 0.3) is 0 Å². The van der Waals surface area contributed by atoms with E-state index in [1.54, 1.807) is 12.1 Å². The molecule has 5 nitrogen and oxygen atoms in total. The third kappa shape index (κ3) is 2.83. The molecule has 2 heterocycles. The molecule has 2 aromatic carbocycles. The van der Waals surface area contributed by atoms with Crippen LogP contribution in [0.3, 0.4) is 0 Å². The van der Waals surface area contributed by atoms with E-state index in [-0.39, 0.29) is 5.75 Å². The van der Waals surface area contributed by atoms with Gasteiger partial charge in [-0.1, -0.05) is 18.2 Å². The van der Waals surface area contributed by atoms with Crippen LogP contribution in [0.15, 0.2) is 48.7 Å². The summed E-state index contributed by atoms with van der Waals surface area (Å²) in [5.41, 5.74) is 3.95. The summed E-state index contributed by atoms with van der Waals surface area (Å²) in [6.45, 7) is 4.23. The third-order valence-electron chi connectivity index (χ3n) is 4.26. The van der Waals surface area contributed by atoms with Gasteiger partial charge in [0.15, 0.2) is 0 Å². The molecule has 0 atom stereocenters. The summed E-state index contributed by atoms with van der Waals surface area (Å²) in [6, 6.07) is 13.3. The Morgan fingerprint density at radius 2 is 1.65 bits per heavy atom. The summed E-state index contributed by atoms with van der Waals surface area (Å²) in [5.74, 6) is 1.23. The predicted molar refractivity (Wildman–Crippen MR) is 90.5 cm³/mol. The van der Waals surface area contributed by atoms with Crippen LogP contribution >= 0.6 is 0 Å². The van der Waals surface area contributed by atoms with E-state index < -0.39 is 0 Å². The number of nitrogens with two attached hydrogens (primary N) is 1. The highest BCUT2D eigenvalue weighted by atomic mass is 16.3. The molecule has 1 fully saturated rings. The van der Waals surface area contributed by atoms with E-state index in [0.29, 0.717) is 0 Å². The molecular weight excluding hydrogens is 288 g/mol. The lowest BCUT2D eigenvalue weighted by molar-refractivity contribution is -0.655. The first kappa shape index (κ1) is 14.0. The zero-order chi connectivity index (χ0) is 15.6. The molecule has 23 heavy (non-hydrogen) atoms. The summed E-state index contributed by atoms with van der Waals surface area (Å²) < 4.78 is 0. The van der Waals surface area contributed by atoms with Crippen molar-refractivity contribution in [2.75, 3.05) is 31.1 Å². The average Bonchev–Trinajstić information content (AvgIpc) is 2.62. The molecule has 0 bridgehead atoms. The number of piperazine rings is 1. The molecule has 1 aliphatic heterocycles. The molecule has 0 amide bonds. The molecule has 0 saturated carbocycles. The highest BCUT2D eigenvalue weighted by Gasteiger charge is 2.14. The van der Waals surface area contributed by atoms with Gasteiger partial charge < -0.3 is 15.3 Å². The van der Waals surface area contributed by atoms with Gasteiger partial charge in [-0.3, -0.25) is 4.98 Å². The van der Waals surface area contributed by atoms with E-state index in [0.717, 1.165) is 54.2 Å². The zero-order valence-corrected chi connectivity index (χ0v) is 12.8. The number of quaternary nitrogens is 1. The van der Waals surface area contributed by atoms with Crippen LogP contribution in [-0.4, -0.2) is 41.3 Å². The van der Waals surface area contributed by atoms with Crippen LogP contribution in [0.25, 0.3) is 22.2 Å². The number of aromatic hydroxyl groups is 1. The summed E-state index contributed by atoms with van der Waals surface area (Å²) in [4.78, 5) is 11.6. The van der Waals surface area contributed by atoms with Gasteiger partial charge in [0.05, 0.1) is 43.4 Å². The van der Waals surface area contributed by atoms with Crippen LogP contribution in [0.1, 0.15) is 0 Å². The molecule has 3 aromatic rings. The minimum Gasteiger partial charge on any atom is -0.508 e. The minimum absolute atomic E-state index is 0.276. The van der Waals surface area contributed by atoms with Crippen LogP contribution < -0.4 is 10.2 Å². The Hall–Kier alpha value is -2.66. The number of hydrogen-bond acceptors (Lipinski definition) is 4. The molecule has 0 aliphatic carbocycles. The SMILES string of the molecule is Oc1ccc(-c2ccc3ncc(N4CC[NH2+]CC4)nc3c2)cc1. The van der Waals surface area contributed by atoms with Crippen molar-refractivity contribution < 1.29 is 10.4 Å². The van der Waals surface area contributed by atoms with E-state index in [4.69, 9.17) is 4.98 Å². The molecule has 116 valence electrons. The number of hydrogen-bond donors (Lipinski definition) is 2. The molecular formula is C18H19N4O+. The Morgan fingerprint density at radius 1 is 0.913 bits per heavy atom. The van der Waals surface area contributed by atoms with Crippen LogP contribution in [-0.2, 0) is 0 Å². The third-order valence-corrected chi connectivity index (χ3v) is 4.26. The Bertz CT molecular complexity index is 826. The second-order valence-corrected chi connectivity index (χ2v) is 5.83. The first-order chi connectivity index (χ1) is 11.3. The number of benzene rings is 2. The standard InChI is InChI=1S/C18H18N4O/c23-15-4-1-13(2-5-15)14-3-6-16-17(11-14)21-18(12-20-16)22-9-7-19-8-10-22/h1-6,11-12,19,23H,7-10H2/p+1. The van der Waals surface area contributed by atoms with Gasteiger partial charge in [0.1, 0.15) is 11.6 Å². The first-order valence-corrected chi connectivity index (χ1v) is 7.92. The Morgan fingerprint density at radius 3 is 2.43 bits per heavy atom. The summed E-state index contributed by atoms with van der Waals surface area (Å²) in [7, 11) is 0. The average molecular weight is 307 g/mol. The fourth-order valence-electron chi connectivity index (χ4n) is 2.97. The molecule has 1 saturated heterocycles. The predicted octanol–water partition coefficient (Wildman–Crippen LogP) is 1.39. The Labute approximate surface area is 134 Å². The quantitative estimate of drug-likeness (QED) is 0.751. The summed E-state index contributed by atoms with van der Waals surface area (Å²) in [6.07, 6.45) is 1.87. The number of nitrogens with zero attached hydrogens (tertiary/aromatic N) is 3. The van der Waals surface area contributed by atoms with Gasteiger partial charge in [0, 0.05) is 0 Å². The molecule has 0 unspecified atom stereocenters. The van der Waals surface area contributed by atoms with Crippen LogP contribution in [0.2, 0.25) is 0 Å². The van der Waals surface area contributed by atoms with E-state index in [9.17, 15) is 5.11 Å². The van der Waals surface area contributed by atoms with Crippen molar-refractivity contribution in [2.45, 2.75) is 0 Å². The first-order valence-electron chi connectivity index (χ1n) is 7.92. The van der Waals surface area contributed by atoms with E-state index in [2.05, 4.69) is 21.3 Å². The topological polar surface area (TPSA) is 65.9 Å². The van der Waals surface area contributed by atoms with Gasteiger partial charge in [-0.2, -0.15) is 0 Å². The number of fused-ring (bicyclic) bond motifs is 1. The van der Waals surface area contributed by atoms with Gasteiger partial charge in [0.2, 0.25) is 0 Å². The fourth-order valence-corrected chi connectivity index (χ4v) is 2.97. The highest BCUT2D eigenvalue weighted by molar-refractivity contribution is 5.82. The van der Waals surface area contributed by atoms with E-state index in [1.807, 2.05) is 30.5 Å². The largest absolute Gasteiger partial charge is 0.508 e. The number of rotatable bonds is 2. The van der Waals surface area contributed by atoms with E-state index >= 15 is 0 Å². The monoisotopic (exact) mass is 307 g/mol.